The first-order chi connectivity index (χ1) is 14.2. The molecule has 8 nitrogen and oxygen atoms in total. The van der Waals surface area contributed by atoms with Crippen LogP contribution in [0.2, 0.25) is 0 Å². The molecule has 0 fully saturated rings. The lowest BCUT2D eigenvalue weighted by atomic mass is 10.0. The standard InChI is InChI=1S/C21H24N4O4S/c1-5-25-15(26)10-23(4)19(28)17-13-6-7-24(9-14(13)30-21(17)25)20(29)16-11(2)8-12(3)22-18(16)27/h8H,5-7,9-10H2,1-4H3,(H,22,27). The third-order valence-corrected chi connectivity index (χ3v) is 6.94. The maximum atomic E-state index is 13.1. The van der Waals surface area contributed by atoms with Crippen molar-refractivity contribution < 1.29 is 14.4 Å². The number of hydrogen-bond donors (Lipinski definition) is 1. The lowest BCUT2D eigenvalue weighted by molar-refractivity contribution is -0.118. The van der Waals surface area contributed by atoms with Gasteiger partial charge in [0.05, 0.1) is 12.1 Å². The summed E-state index contributed by atoms with van der Waals surface area (Å²) in [7, 11) is 1.64. The fourth-order valence-corrected chi connectivity index (χ4v) is 5.67. The van der Waals surface area contributed by atoms with E-state index in [4.69, 9.17) is 0 Å². The molecule has 0 unspecified atom stereocenters. The van der Waals surface area contributed by atoms with Gasteiger partial charge in [-0.3, -0.25) is 19.2 Å². The summed E-state index contributed by atoms with van der Waals surface area (Å²) in [6.45, 7) is 6.70. The molecule has 4 rings (SSSR count). The first-order valence-corrected chi connectivity index (χ1v) is 10.7. The van der Waals surface area contributed by atoms with E-state index in [-0.39, 0.29) is 35.4 Å². The molecule has 3 amide bonds. The molecule has 30 heavy (non-hydrogen) atoms. The molecule has 0 spiro atoms. The van der Waals surface area contributed by atoms with Gasteiger partial charge in [0.1, 0.15) is 17.1 Å². The van der Waals surface area contributed by atoms with Crippen LogP contribution in [0.1, 0.15) is 49.3 Å². The minimum Gasteiger partial charge on any atom is -0.333 e. The average molecular weight is 429 g/mol. The average Bonchev–Trinajstić information content (AvgIpc) is 3.01. The van der Waals surface area contributed by atoms with Gasteiger partial charge in [0.2, 0.25) is 5.91 Å². The van der Waals surface area contributed by atoms with Crippen molar-refractivity contribution in [2.75, 3.05) is 31.6 Å². The molecule has 2 aliphatic rings. The Morgan fingerprint density at radius 3 is 2.60 bits per heavy atom. The zero-order valence-corrected chi connectivity index (χ0v) is 18.3. The maximum absolute atomic E-state index is 13.1. The van der Waals surface area contributed by atoms with Crippen LogP contribution in [0, 0.1) is 13.8 Å². The highest BCUT2D eigenvalue weighted by Gasteiger charge is 2.37. The number of pyridine rings is 1. The molecule has 0 aromatic carbocycles. The van der Waals surface area contributed by atoms with Crippen LogP contribution in [0.25, 0.3) is 0 Å². The molecule has 0 saturated carbocycles. The van der Waals surface area contributed by atoms with Crippen molar-refractivity contribution in [2.45, 2.75) is 33.7 Å². The summed E-state index contributed by atoms with van der Waals surface area (Å²) in [5.41, 5.74) is 2.63. The Kier molecular flexibility index (Phi) is 5.01. The van der Waals surface area contributed by atoms with Crippen LogP contribution in [0.5, 0.6) is 0 Å². The fraction of sp³-hybridized carbons (Fsp3) is 0.429. The van der Waals surface area contributed by atoms with Gasteiger partial charge < -0.3 is 19.7 Å². The quantitative estimate of drug-likeness (QED) is 0.788. The van der Waals surface area contributed by atoms with Gasteiger partial charge in [0.25, 0.3) is 17.4 Å². The van der Waals surface area contributed by atoms with Crippen LogP contribution in [-0.4, -0.2) is 59.2 Å². The number of anilines is 1. The van der Waals surface area contributed by atoms with Crippen molar-refractivity contribution in [1.29, 1.82) is 0 Å². The van der Waals surface area contributed by atoms with Crippen molar-refractivity contribution in [2.24, 2.45) is 0 Å². The van der Waals surface area contributed by atoms with Crippen LogP contribution < -0.4 is 10.5 Å². The van der Waals surface area contributed by atoms with E-state index in [1.165, 1.54) is 16.2 Å². The van der Waals surface area contributed by atoms with Crippen LogP contribution in [-0.2, 0) is 17.8 Å². The molecule has 158 valence electrons. The SMILES string of the molecule is CCN1C(=O)CN(C)C(=O)c2c1sc1c2CCN(C(=O)c2c(C)cc(C)[nH]c2=O)C1. The largest absolute Gasteiger partial charge is 0.333 e. The van der Waals surface area contributed by atoms with Gasteiger partial charge in [-0.2, -0.15) is 0 Å². The van der Waals surface area contributed by atoms with E-state index in [0.29, 0.717) is 47.9 Å². The Labute approximate surface area is 178 Å². The van der Waals surface area contributed by atoms with Gasteiger partial charge in [-0.05, 0) is 44.4 Å². The minimum atomic E-state index is -0.384. The summed E-state index contributed by atoms with van der Waals surface area (Å²) >= 11 is 1.40. The van der Waals surface area contributed by atoms with Gasteiger partial charge in [0.15, 0.2) is 0 Å². The number of aromatic nitrogens is 1. The number of fused-ring (bicyclic) bond motifs is 3. The summed E-state index contributed by atoms with van der Waals surface area (Å²) in [6.07, 6.45) is 0.515. The normalized spacial score (nSPS) is 16.5. The lowest BCUT2D eigenvalue weighted by Crippen LogP contribution is -2.39. The second-order valence-electron chi connectivity index (χ2n) is 7.80. The molecule has 4 heterocycles. The van der Waals surface area contributed by atoms with Gasteiger partial charge in [0, 0.05) is 30.7 Å². The van der Waals surface area contributed by atoms with Crippen LogP contribution in [0.3, 0.4) is 0 Å². The van der Waals surface area contributed by atoms with Crippen molar-refractivity contribution in [3.63, 3.8) is 0 Å². The number of amides is 3. The lowest BCUT2D eigenvalue weighted by Gasteiger charge is -2.28. The molecule has 0 radical (unpaired) electrons. The molecule has 0 atom stereocenters. The first kappa shape index (κ1) is 20.3. The van der Waals surface area contributed by atoms with Crippen LogP contribution in [0.15, 0.2) is 10.9 Å². The third kappa shape index (κ3) is 3.13. The van der Waals surface area contributed by atoms with E-state index in [0.717, 1.165) is 10.4 Å². The highest BCUT2D eigenvalue weighted by atomic mass is 32.1. The van der Waals surface area contributed by atoms with Crippen LogP contribution in [0.4, 0.5) is 5.00 Å². The maximum Gasteiger partial charge on any atom is 0.261 e. The molecule has 2 aliphatic heterocycles. The molecule has 0 bridgehead atoms. The Morgan fingerprint density at radius 1 is 1.20 bits per heavy atom. The summed E-state index contributed by atoms with van der Waals surface area (Å²) in [5, 5.41) is 0.667. The second kappa shape index (κ2) is 7.39. The highest BCUT2D eigenvalue weighted by molar-refractivity contribution is 7.17. The zero-order chi connectivity index (χ0) is 21.7. The van der Waals surface area contributed by atoms with E-state index in [1.807, 2.05) is 6.92 Å². The highest BCUT2D eigenvalue weighted by Crippen LogP contribution is 2.41. The molecule has 9 heteroatoms. The number of rotatable bonds is 2. The number of likely N-dealkylation sites (N-methyl/N-ethyl adjacent to an activating group) is 2. The Bertz CT molecular complexity index is 1130. The number of aryl methyl sites for hydroxylation is 2. The number of carbonyl (C=O) groups excluding carboxylic acids is 3. The van der Waals surface area contributed by atoms with Crippen molar-refractivity contribution in [1.82, 2.24) is 14.8 Å². The van der Waals surface area contributed by atoms with Gasteiger partial charge in [-0.25, -0.2) is 0 Å². The van der Waals surface area contributed by atoms with Crippen molar-refractivity contribution in [3.8, 4) is 0 Å². The van der Waals surface area contributed by atoms with E-state index >= 15 is 0 Å². The molecule has 2 aromatic rings. The number of nitrogens with zero attached hydrogens (tertiary/aromatic N) is 3. The Morgan fingerprint density at radius 2 is 1.93 bits per heavy atom. The smallest absolute Gasteiger partial charge is 0.261 e. The molecular formula is C21H24N4O4S. The van der Waals surface area contributed by atoms with Gasteiger partial charge >= 0.3 is 0 Å². The van der Waals surface area contributed by atoms with E-state index in [2.05, 4.69) is 4.98 Å². The number of hydrogen-bond acceptors (Lipinski definition) is 5. The fourth-order valence-electron chi connectivity index (χ4n) is 4.23. The van der Waals surface area contributed by atoms with Crippen molar-refractivity contribution >= 4 is 34.1 Å². The number of carbonyl (C=O) groups is 3. The molecule has 0 aliphatic carbocycles. The Balaban J connectivity index is 1.72. The van der Waals surface area contributed by atoms with Crippen LogP contribution >= 0.6 is 11.3 Å². The van der Waals surface area contributed by atoms with Crippen molar-refractivity contribution in [3.05, 3.63) is 49.2 Å². The number of nitrogens with one attached hydrogen (secondary N) is 1. The number of aromatic amines is 1. The first-order valence-electron chi connectivity index (χ1n) is 9.93. The number of thiophene rings is 1. The third-order valence-electron chi connectivity index (χ3n) is 5.70. The molecule has 1 N–H and O–H groups in total. The van der Waals surface area contributed by atoms with Gasteiger partial charge in [-0.15, -0.1) is 11.3 Å². The Hall–Kier alpha value is -2.94. The molecule has 2 aromatic heterocycles. The predicted octanol–water partition coefficient (Wildman–Crippen LogP) is 1.69. The monoisotopic (exact) mass is 428 g/mol. The topological polar surface area (TPSA) is 93.8 Å². The van der Waals surface area contributed by atoms with E-state index < -0.39 is 0 Å². The zero-order valence-electron chi connectivity index (χ0n) is 17.5. The van der Waals surface area contributed by atoms with E-state index in [9.17, 15) is 19.2 Å². The predicted molar refractivity (Wildman–Crippen MR) is 114 cm³/mol. The van der Waals surface area contributed by atoms with Gasteiger partial charge in [-0.1, -0.05) is 0 Å². The summed E-state index contributed by atoms with van der Waals surface area (Å²) in [6, 6.07) is 1.79. The molecule has 0 saturated heterocycles. The minimum absolute atomic E-state index is 0.0585. The molecular weight excluding hydrogens is 404 g/mol. The summed E-state index contributed by atoms with van der Waals surface area (Å²) in [4.78, 5) is 59.4. The number of H-pyrrole nitrogens is 1. The van der Waals surface area contributed by atoms with E-state index in [1.54, 1.807) is 36.8 Å². The summed E-state index contributed by atoms with van der Waals surface area (Å²) < 4.78 is 0. The second-order valence-corrected chi connectivity index (χ2v) is 8.88. The summed E-state index contributed by atoms with van der Waals surface area (Å²) in [5.74, 6) is -0.576.